The molecule has 2 heterocycles. The van der Waals surface area contributed by atoms with Gasteiger partial charge in [-0.3, -0.25) is 0 Å². The third-order valence-corrected chi connectivity index (χ3v) is 2.15. The molecule has 0 aliphatic rings. The third-order valence-electron chi connectivity index (χ3n) is 1.34. The van der Waals surface area contributed by atoms with E-state index in [9.17, 15) is 0 Å². The van der Waals surface area contributed by atoms with E-state index < -0.39 is 0 Å². The molecule has 0 unspecified atom stereocenters. The van der Waals surface area contributed by atoms with Crippen molar-refractivity contribution < 1.29 is 0 Å². The Balaban J connectivity index is 2.86. The summed E-state index contributed by atoms with van der Waals surface area (Å²) in [6.07, 6.45) is 0. The Bertz CT molecular complexity index is 353. The predicted octanol–water partition coefficient (Wildman–Crippen LogP) is 2.00. The van der Waals surface area contributed by atoms with E-state index in [0.29, 0.717) is 0 Å². The number of hydrogen-bond acceptors (Lipinski definition) is 3. The molecule has 0 aliphatic heterocycles. The molecule has 0 atom stereocenters. The van der Waals surface area contributed by atoms with Gasteiger partial charge in [0.15, 0.2) is 0 Å². The van der Waals surface area contributed by atoms with E-state index in [1.807, 2.05) is 18.4 Å². The van der Waals surface area contributed by atoms with E-state index in [-0.39, 0.29) is 0 Å². The first-order chi connectivity index (χ1) is 4.86. The maximum Gasteiger partial charge on any atom is 0.146 e. The van der Waals surface area contributed by atoms with E-state index in [2.05, 4.69) is 16.3 Å². The van der Waals surface area contributed by atoms with Gasteiger partial charge >= 0.3 is 0 Å². The van der Waals surface area contributed by atoms with Crippen LogP contribution >= 0.6 is 11.3 Å². The fourth-order valence-electron chi connectivity index (χ4n) is 0.880. The van der Waals surface area contributed by atoms with Crippen LogP contribution in [0.25, 0.3) is 10.2 Å². The number of hydrogen-bond donors (Lipinski definition) is 0. The first kappa shape index (κ1) is 5.80. The first-order valence-corrected chi connectivity index (χ1v) is 3.92. The molecule has 0 fully saturated rings. The number of aryl methyl sites for hydroxylation is 1. The van der Waals surface area contributed by atoms with Gasteiger partial charge in [-0.1, -0.05) is 0 Å². The Morgan fingerprint density at radius 3 is 3.20 bits per heavy atom. The monoisotopic (exact) mass is 150 g/mol. The SMILES string of the molecule is Cc1cc2ccsc2nn1. The molecule has 0 bridgehead atoms. The summed E-state index contributed by atoms with van der Waals surface area (Å²) in [6.45, 7) is 1.95. The minimum atomic E-state index is 0.978. The van der Waals surface area contributed by atoms with Crippen LogP contribution in [0.4, 0.5) is 0 Å². The number of fused-ring (bicyclic) bond motifs is 1. The Morgan fingerprint density at radius 1 is 1.40 bits per heavy atom. The van der Waals surface area contributed by atoms with Crippen molar-refractivity contribution in [2.45, 2.75) is 6.92 Å². The summed E-state index contributed by atoms with van der Waals surface area (Å²) in [5.74, 6) is 0. The fraction of sp³-hybridized carbons (Fsp3) is 0.143. The second-order valence-corrected chi connectivity index (χ2v) is 3.06. The van der Waals surface area contributed by atoms with Crippen molar-refractivity contribution >= 4 is 21.6 Å². The van der Waals surface area contributed by atoms with Gasteiger partial charge in [0.25, 0.3) is 0 Å². The molecule has 3 heteroatoms. The second-order valence-electron chi connectivity index (χ2n) is 2.17. The average Bonchev–Trinajstić information content (AvgIpc) is 2.33. The summed E-state index contributed by atoms with van der Waals surface area (Å²) in [6, 6.07) is 4.10. The number of nitrogens with zero attached hydrogens (tertiary/aromatic N) is 2. The fourth-order valence-corrected chi connectivity index (χ4v) is 1.58. The quantitative estimate of drug-likeness (QED) is 0.574. The number of aromatic nitrogens is 2. The first-order valence-electron chi connectivity index (χ1n) is 3.04. The zero-order valence-electron chi connectivity index (χ0n) is 5.53. The van der Waals surface area contributed by atoms with Crippen molar-refractivity contribution in [3.63, 3.8) is 0 Å². The van der Waals surface area contributed by atoms with Gasteiger partial charge in [0.1, 0.15) is 4.83 Å². The lowest BCUT2D eigenvalue weighted by atomic mass is 10.3. The summed E-state index contributed by atoms with van der Waals surface area (Å²) in [4.78, 5) is 1.02. The summed E-state index contributed by atoms with van der Waals surface area (Å²) >= 11 is 1.62. The van der Waals surface area contributed by atoms with Crippen LogP contribution in [0, 0.1) is 6.92 Å². The highest BCUT2D eigenvalue weighted by atomic mass is 32.1. The molecule has 0 radical (unpaired) electrons. The van der Waals surface area contributed by atoms with Crippen molar-refractivity contribution in [3.05, 3.63) is 23.2 Å². The second kappa shape index (κ2) is 2.02. The third kappa shape index (κ3) is 0.789. The molecule has 2 aromatic rings. The van der Waals surface area contributed by atoms with E-state index in [4.69, 9.17) is 0 Å². The van der Waals surface area contributed by atoms with Crippen LogP contribution in [-0.4, -0.2) is 10.2 Å². The molecule has 50 valence electrons. The smallest absolute Gasteiger partial charge is 0.146 e. The van der Waals surface area contributed by atoms with Crippen LogP contribution in [0.1, 0.15) is 5.69 Å². The Hall–Kier alpha value is -0.960. The van der Waals surface area contributed by atoms with E-state index in [1.165, 1.54) is 5.39 Å². The minimum Gasteiger partial charge on any atom is -0.155 e. The highest BCUT2D eigenvalue weighted by molar-refractivity contribution is 7.16. The van der Waals surface area contributed by atoms with Crippen LogP contribution in [0.3, 0.4) is 0 Å². The van der Waals surface area contributed by atoms with Gasteiger partial charge in [0, 0.05) is 5.39 Å². The molecule has 2 rings (SSSR count). The molecule has 0 aliphatic carbocycles. The molecule has 2 aromatic heterocycles. The summed E-state index contributed by atoms with van der Waals surface area (Å²) in [7, 11) is 0. The summed E-state index contributed by atoms with van der Waals surface area (Å²) in [5, 5.41) is 11.2. The minimum absolute atomic E-state index is 0.978. The van der Waals surface area contributed by atoms with Crippen molar-refractivity contribution in [2.24, 2.45) is 0 Å². The molecular formula is C7H6N2S. The lowest BCUT2D eigenvalue weighted by molar-refractivity contribution is 1.03. The average molecular weight is 150 g/mol. The van der Waals surface area contributed by atoms with Gasteiger partial charge in [-0.2, -0.15) is 5.10 Å². The summed E-state index contributed by atoms with van der Waals surface area (Å²) < 4.78 is 0. The van der Waals surface area contributed by atoms with E-state index in [0.717, 1.165) is 10.5 Å². The zero-order chi connectivity index (χ0) is 6.97. The van der Waals surface area contributed by atoms with Gasteiger partial charge < -0.3 is 0 Å². The molecule has 0 spiro atoms. The molecule has 10 heavy (non-hydrogen) atoms. The van der Waals surface area contributed by atoms with Crippen LogP contribution in [0.5, 0.6) is 0 Å². The van der Waals surface area contributed by atoms with Crippen molar-refractivity contribution in [3.8, 4) is 0 Å². The highest BCUT2D eigenvalue weighted by Gasteiger charge is 1.94. The predicted molar refractivity (Wildman–Crippen MR) is 42.2 cm³/mol. The molecule has 0 saturated carbocycles. The molecule has 0 aromatic carbocycles. The number of rotatable bonds is 0. The van der Waals surface area contributed by atoms with Crippen LogP contribution in [-0.2, 0) is 0 Å². The maximum atomic E-state index is 4.01. The Morgan fingerprint density at radius 2 is 2.30 bits per heavy atom. The topological polar surface area (TPSA) is 25.8 Å². The van der Waals surface area contributed by atoms with Gasteiger partial charge in [-0.25, -0.2) is 0 Å². The van der Waals surface area contributed by atoms with Crippen molar-refractivity contribution in [2.75, 3.05) is 0 Å². The molecule has 0 saturated heterocycles. The lowest BCUT2D eigenvalue weighted by Crippen LogP contribution is -1.82. The van der Waals surface area contributed by atoms with Gasteiger partial charge in [-0.05, 0) is 24.4 Å². The number of thiophene rings is 1. The van der Waals surface area contributed by atoms with Crippen LogP contribution in [0.15, 0.2) is 17.5 Å². The Labute approximate surface area is 62.5 Å². The largest absolute Gasteiger partial charge is 0.155 e. The van der Waals surface area contributed by atoms with Gasteiger partial charge in [0.2, 0.25) is 0 Å². The molecular weight excluding hydrogens is 144 g/mol. The van der Waals surface area contributed by atoms with Crippen LogP contribution < -0.4 is 0 Å². The summed E-state index contributed by atoms with van der Waals surface area (Å²) in [5.41, 5.74) is 0.978. The standard InChI is InChI=1S/C7H6N2S/c1-5-4-6-2-3-10-7(6)9-8-5/h2-4H,1H3. The Kier molecular flexibility index (Phi) is 1.17. The maximum absolute atomic E-state index is 4.01. The molecule has 2 nitrogen and oxygen atoms in total. The van der Waals surface area contributed by atoms with Crippen molar-refractivity contribution in [1.82, 2.24) is 10.2 Å². The lowest BCUT2D eigenvalue weighted by Gasteiger charge is -1.87. The highest BCUT2D eigenvalue weighted by Crippen LogP contribution is 2.16. The van der Waals surface area contributed by atoms with E-state index >= 15 is 0 Å². The van der Waals surface area contributed by atoms with Crippen molar-refractivity contribution in [1.29, 1.82) is 0 Å². The van der Waals surface area contributed by atoms with E-state index in [1.54, 1.807) is 11.3 Å². The van der Waals surface area contributed by atoms with Gasteiger partial charge in [0.05, 0.1) is 5.69 Å². The molecule has 0 N–H and O–H groups in total. The molecule has 0 amide bonds. The van der Waals surface area contributed by atoms with Gasteiger partial charge in [-0.15, -0.1) is 16.4 Å². The zero-order valence-corrected chi connectivity index (χ0v) is 6.35. The normalized spacial score (nSPS) is 10.5. The van der Waals surface area contributed by atoms with Crippen LogP contribution in [0.2, 0.25) is 0 Å².